The molecule has 1 N–H and O–H groups in total. The molecule has 1 aromatic carbocycles. The molecule has 2 aromatic rings. The number of unbranched alkanes of at least 4 members (excludes halogenated alkanes) is 1. The van der Waals surface area contributed by atoms with E-state index in [1.807, 2.05) is 39.8 Å². The summed E-state index contributed by atoms with van der Waals surface area (Å²) in [6.45, 7) is 7.86. The van der Waals surface area contributed by atoms with Crippen LogP contribution in [0.2, 0.25) is 0 Å². The summed E-state index contributed by atoms with van der Waals surface area (Å²) in [5, 5.41) is 8.75. The van der Waals surface area contributed by atoms with E-state index in [0.717, 1.165) is 12.0 Å². The van der Waals surface area contributed by atoms with Crippen molar-refractivity contribution in [2.24, 2.45) is 0 Å². The lowest BCUT2D eigenvalue weighted by atomic mass is 9.95. The molecule has 6 heteroatoms. The zero-order valence-electron chi connectivity index (χ0n) is 16.7. The van der Waals surface area contributed by atoms with Gasteiger partial charge in [0.2, 0.25) is 5.78 Å². The monoisotopic (exact) mass is 379 g/mol. The first kappa shape index (κ1) is 21.1. The second-order valence-corrected chi connectivity index (χ2v) is 7.11. The zero-order chi connectivity index (χ0) is 20.8. The maximum atomic E-state index is 13.4. The highest BCUT2D eigenvalue weighted by Crippen LogP contribution is 2.20. The SMILES string of the molecule is CCCCn1c(C(=O)c2cc(C)cc(C=CC#N)c2)c(C(C)C)c(=O)[nH]c1=O. The van der Waals surface area contributed by atoms with Crippen molar-refractivity contribution in [2.75, 3.05) is 0 Å². The Bertz CT molecular complexity index is 1070. The third kappa shape index (κ3) is 4.55. The molecule has 2 rings (SSSR count). The lowest BCUT2D eigenvalue weighted by Gasteiger charge is -2.17. The van der Waals surface area contributed by atoms with E-state index in [1.165, 1.54) is 10.6 Å². The number of ketones is 1. The molecule has 0 amide bonds. The van der Waals surface area contributed by atoms with Gasteiger partial charge in [-0.1, -0.05) is 33.3 Å². The van der Waals surface area contributed by atoms with Crippen molar-refractivity contribution in [2.45, 2.75) is 53.0 Å². The molecule has 0 unspecified atom stereocenters. The number of H-pyrrole nitrogens is 1. The molecule has 0 bridgehead atoms. The Hall–Kier alpha value is -3.20. The predicted octanol–water partition coefficient (Wildman–Crippen LogP) is 3.54. The molecule has 0 saturated heterocycles. The first-order chi connectivity index (χ1) is 13.3. The minimum atomic E-state index is -0.566. The largest absolute Gasteiger partial charge is 0.328 e. The highest BCUT2D eigenvalue weighted by molar-refractivity contribution is 6.09. The van der Waals surface area contributed by atoms with E-state index >= 15 is 0 Å². The number of aryl methyl sites for hydroxylation is 1. The van der Waals surface area contributed by atoms with Crippen molar-refractivity contribution in [3.63, 3.8) is 0 Å². The van der Waals surface area contributed by atoms with Gasteiger partial charge in [-0.25, -0.2) is 4.79 Å². The predicted molar refractivity (Wildman–Crippen MR) is 110 cm³/mol. The topological polar surface area (TPSA) is 95.7 Å². The number of aromatic nitrogens is 2. The number of benzene rings is 1. The van der Waals surface area contributed by atoms with E-state index in [1.54, 1.807) is 18.2 Å². The number of nitrogens with zero attached hydrogens (tertiary/aromatic N) is 2. The van der Waals surface area contributed by atoms with Crippen LogP contribution in [0.1, 0.15) is 72.3 Å². The molecule has 1 aromatic heterocycles. The normalized spacial score (nSPS) is 11.1. The van der Waals surface area contributed by atoms with Gasteiger partial charge in [-0.05, 0) is 48.6 Å². The molecular weight excluding hydrogens is 354 g/mol. The second-order valence-electron chi connectivity index (χ2n) is 7.11. The Kier molecular flexibility index (Phi) is 6.89. The van der Waals surface area contributed by atoms with E-state index in [9.17, 15) is 14.4 Å². The summed E-state index contributed by atoms with van der Waals surface area (Å²) in [5.41, 5.74) is 1.33. The van der Waals surface area contributed by atoms with E-state index in [2.05, 4.69) is 4.98 Å². The van der Waals surface area contributed by atoms with Gasteiger partial charge in [0, 0.05) is 23.7 Å². The average Bonchev–Trinajstić information content (AvgIpc) is 2.63. The zero-order valence-corrected chi connectivity index (χ0v) is 16.7. The number of nitriles is 1. The van der Waals surface area contributed by atoms with Crippen LogP contribution in [0.15, 0.2) is 33.9 Å². The molecule has 0 atom stereocenters. The number of carbonyl (C=O) groups excluding carboxylic acids is 1. The summed E-state index contributed by atoms with van der Waals surface area (Å²) in [4.78, 5) is 40.7. The summed E-state index contributed by atoms with van der Waals surface area (Å²) >= 11 is 0. The third-order valence-electron chi connectivity index (χ3n) is 4.48. The molecule has 0 fully saturated rings. The maximum absolute atomic E-state index is 13.4. The van der Waals surface area contributed by atoms with Crippen LogP contribution in [0.3, 0.4) is 0 Å². The maximum Gasteiger partial charge on any atom is 0.328 e. The van der Waals surface area contributed by atoms with E-state index in [0.29, 0.717) is 29.7 Å². The summed E-state index contributed by atoms with van der Waals surface area (Å²) in [7, 11) is 0. The van der Waals surface area contributed by atoms with Crippen molar-refractivity contribution >= 4 is 11.9 Å². The standard InChI is InChI=1S/C22H25N3O3/c1-5-6-10-25-19(18(14(2)3)21(27)24-22(25)28)20(26)17-12-15(4)11-16(13-17)8-7-9-23/h7-8,11-14H,5-6,10H2,1-4H3,(H,24,27,28). The van der Waals surface area contributed by atoms with Crippen LogP contribution in [0.4, 0.5) is 0 Å². The fourth-order valence-corrected chi connectivity index (χ4v) is 3.21. The van der Waals surface area contributed by atoms with E-state index < -0.39 is 11.2 Å². The summed E-state index contributed by atoms with van der Waals surface area (Å²) in [6, 6.07) is 7.19. The number of hydrogen-bond acceptors (Lipinski definition) is 4. The average molecular weight is 379 g/mol. The number of rotatable bonds is 7. The Labute approximate surface area is 164 Å². The van der Waals surface area contributed by atoms with E-state index in [-0.39, 0.29) is 17.4 Å². The van der Waals surface area contributed by atoms with Crippen LogP contribution >= 0.6 is 0 Å². The van der Waals surface area contributed by atoms with Gasteiger partial charge in [-0.15, -0.1) is 0 Å². The van der Waals surface area contributed by atoms with Crippen LogP contribution in [0.25, 0.3) is 6.08 Å². The van der Waals surface area contributed by atoms with Gasteiger partial charge in [-0.3, -0.25) is 19.1 Å². The molecule has 0 aliphatic rings. The molecule has 146 valence electrons. The fourth-order valence-electron chi connectivity index (χ4n) is 3.21. The molecule has 0 spiro atoms. The molecule has 0 saturated carbocycles. The number of aromatic amines is 1. The Morgan fingerprint density at radius 3 is 2.61 bits per heavy atom. The minimum Gasteiger partial charge on any atom is -0.290 e. The minimum absolute atomic E-state index is 0.151. The lowest BCUT2D eigenvalue weighted by molar-refractivity contribution is 0.102. The number of carbonyl (C=O) groups is 1. The second kappa shape index (κ2) is 9.14. The molecule has 1 heterocycles. The van der Waals surface area contributed by atoms with Gasteiger partial charge >= 0.3 is 5.69 Å². The molecule has 6 nitrogen and oxygen atoms in total. The van der Waals surface area contributed by atoms with Crippen LogP contribution in [-0.2, 0) is 6.54 Å². The molecular formula is C22H25N3O3. The lowest BCUT2D eigenvalue weighted by Crippen LogP contribution is -2.38. The van der Waals surface area contributed by atoms with Crippen molar-refractivity contribution < 1.29 is 4.79 Å². The van der Waals surface area contributed by atoms with Crippen LogP contribution in [0, 0.1) is 18.3 Å². The smallest absolute Gasteiger partial charge is 0.290 e. The first-order valence-electron chi connectivity index (χ1n) is 9.39. The van der Waals surface area contributed by atoms with Crippen molar-refractivity contribution in [3.05, 3.63) is 73.1 Å². The van der Waals surface area contributed by atoms with Gasteiger partial charge in [0.05, 0.1) is 6.07 Å². The number of nitrogens with one attached hydrogen (secondary N) is 1. The summed E-state index contributed by atoms with van der Waals surface area (Å²) < 4.78 is 1.38. The summed E-state index contributed by atoms with van der Waals surface area (Å²) in [5.74, 6) is -0.586. The quantitative estimate of drug-likeness (QED) is 0.588. The number of hydrogen-bond donors (Lipinski definition) is 1. The van der Waals surface area contributed by atoms with Crippen LogP contribution < -0.4 is 11.2 Å². The highest BCUT2D eigenvalue weighted by atomic mass is 16.2. The number of allylic oxidation sites excluding steroid dienone is 1. The fraction of sp³-hybridized carbons (Fsp3) is 0.364. The van der Waals surface area contributed by atoms with Crippen LogP contribution in [-0.4, -0.2) is 15.3 Å². The van der Waals surface area contributed by atoms with Gasteiger partial charge < -0.3 is 0 Å². The van der Waals surface area contributed by atoms with Crippen LogP contribution in [0.5, 0.6) is 0 Å². The summed E-state index contributed by atoms with van der Waals surface area (Å²) in [6.07, 6.45) is 4.53. The first-order valence-corrected chi connectivity index (χ1v) is 9.39. The third-order valence-corrected chi connectivity index (χ3v) is 4.48. The Morgan fingerprint density at radius 2 is 2.00 bits per heavy atom. The molecule has 0 radical (unpaired) electrons. The molecule has 28 heavy (non-hydrogen) atoms. The van der Waals surface area contributed by atoms with Crippen molar-refractivity contribution in [1.82, 2.24) is 9.55 Å². The van der Waals surface area contributed by atoms with Gasteiger partial charge in [-0.2, -0.15) is 5.26 Å². The van der Waals surface area contributed by atoms with Crippen molar-refractivity contribution in [1.29, 1.82) is 5.26 Å². The molecule has 0 aliphatic carbocycles. The van der Waals surface area contributed by atoms with Gasteiger partial charge in [0.1, 0.15) is 5.69 Å². The Morgan fingerprint density at radius 1 is 1.29 bits per heavy atom. The Balaban J connectivity index is 2.75. The van der Waals surface area contributed by atoms with Crippen molar-refractivity contribution in [3.8, 4) is 6.07 Å². The van der Waals surface area contributed by atoms with E-state index in [4.69, 9.17) is 5.26 Å². The molecule has 0 aliphatic heterocycles. The highest BCUT2D eigenvalue weighted by Gasteiger charge is 2.24. The van der Waals surface area contributed by atoms with Gasteiger partial charge in [0.15, 0.2) is 0 Å². The van der Waals surface area contributed by atoms with Gasteiger partial charge in [0.25, 0.3) is 5.56 Å².